The van der Waals surface area contributed by atoms with E-state index in [1.165, 1.54) is 0 Å². The highest BCUT2D eigenvalue weighted by atomic mass is 16.4. The van der Waals surface area contributed by atoms with E-state index in [1.807, 2.05) is 60.7 Å². The van der Waals surface area contributed by atoms with E-state index < -0.39 is 12.0 Å². The largest absolute Gasteiger partial charge is 0.480 e. The van der Waals surface area contributed by atoms with Gasteiger partial charge < -0.3 is 15.3 Å². The molecule has 2 amide bonds. The van der Waals surface area contributed by atoms with Crippen LogP contribution in [0.2, 0.25) is 0 Å². The van der Waals surface area contributed by atoms with Gasteiger partial charge >= 0.3 is 12.0 Å². The molecule has 2 aromatic rings. The van der Waals surface area contributed by atoms with Crippen molar-refractivity contribution in [2.45, 2.75) is 31.0 Å². The molecule has 2 bridgehead atoms. The van der Waals surface area contributed by atoms with Gasteiger partial charge in [0.25, 0.3) is 0 Å². The van der Waals surface area contributed by atoms with Crippen LogP contribution in [0, 0.1) is 0 Å². The first-order valence-electron chi connectivity index (χ1n) is 8.85. The highest BCUT2D eigenvalue weighted by molar-refractivity contribution is 6.00. The maximum atomic E-state index is 13.6. The number of piperazine rings is 1. The Morgan fingerprint density at radius 1 is 0.962 bits per heavy atom. The molecular formula is C20H21N3O3. The van der Waals surface area contributed by atoms with Gasteiger partial charge in [-0.1, -0.05) is 36.4 Å². The molecule has 6 nitrogen and oxygen atoms in total. The van der Waals surface area contributed by atoms with Crippen LogP contribution in [0.5, 0.6) is 0 Å². The molecule has 2 fully saturated rings. The minimum atomic E-state index is -0.904. The van der Waals surface area contributed by atoms with Crippen LogP contribution in [0.3, 0.4) is 0 Å². The van der Waals surface area contributed by atoms with Gasteiger partial charge in [0, 0.05) is 12.6 Å². The Balaban J connectivity index is 1.72. The predicted molar refractivity (Wildman–Crippen MR) is 98.5 cm³/mol. The fourth-order valence-electron chi connectivity index (χ4n) is 4.03. The van der Waals surface area contributed by atoms with Gasteiger partial charge in [0.1, 0.15) is 6.04 Å². The standard InChI is InChI=1S/C20H21N3O3/c24-19(25)18-17-12-11-16(13-21-18)23(17)20(26)22(14-7-3-1-4-8-14)15-9-5-2-6-10-15/h1-10,16-18,21H,11-13H2,(H,24,25). The molecule has 0 spiro atoms. The molecule has 3 atom stereocenters. The van der Waals surface area contributed by atoms with E-state index >= 15 is 0 Å². The Morgan fingerprint density at radius 2 is 1.54 bits per heavy atom. The van der Waals surface area contributed by atoms with Gasteiger partial charge in [-0.05, 0) is 37.1 Å². The van der Waals surface area contributed by atoms with Gasteiger partial charge in [0.2, 0.25) is 0 Å². The zero-order chi connectivity index (χ0) is 18.1. The molecule has 2 aliphatic heterocycles. The van der Waals surface area contributed by atoms with Crippen molar-refractivity contribution in [1.29, 1.82) is 0 Å². The molecule has 0 aliphatic carbocycles. The number of carboxylic acids is 1. The zero-order valence-corrected chi connectivity index (χ0v) is 14.3. The molecule has 3 unspecified atom stereocenters. The highest BCUT2D eigenvalue weighted by Gasteiger charge is 2.48. The van der Waals surface area contributed by atoms with Crippen molar-refractivity contribution in [3.05, 3.63) is 60.7 Å². The second-order valence-corrected chi connectivity index (χ2v) is 6.72. The van der Waals surface area contributed by atoms with Crippen molar-refractivity contribution in [3.63, 3.8) is 0 Å². The quantitative estimate of drug-likeness (QED) is 0.892. The molecule has 2 saturated heterocycles. The summed E-state index contributed by atoms with van der Waals surface area (Å²) in [5.74, 6) is -0.904. The third kappa shape index (κ3) is 2.82. The fraction of sp³-hybridized carbons (Fsp3) is 0.300. The van der Waals surface area contributed by atoms with Crippen molar-refractivity contribution < 1.29 is 14.7 Å². The summed E-state index contributed by atoms with van der Waals surface area (Å²) in [5, 5.41) is 12.6. The molecule has 2 aliphatic rings. The molecule has 26 heavy (non-hydrogen) atoms. The first-order chi connectivity index (χ1) is 12.7. The number of nitrogens with zero attached hydrogens (tertiary/aromatic N) is 2. The maximum absolute atomic E-state index is 13.6. The lowest BCUT2D eigenvalue weighted by Crippen LogP contribution is -2.63. The summed E-state index contributed by atoms with van der Waals surface area (Å²) < 4.78 is 0. The number of anilines is 2. The number of benzene rings is 2. The first kappa shape index (κ1) is 16.6. The third-order valence-electron chi connectivity index (χ3n) is 5.21. The van der Waals surface area contributed by atoms with E-state index in [-0.39, 0.29) is 18.1 Å². The number of aliphatic carboxylic acids is 1. The van der Waals surface area contributed by atoms with Crippen molar-refractivity contribution in [1.82, 2.24) is 10.2 Å². The van der Waals surface area contributed by atoms with Gasteiger partial charge in [-0.15, -0.1) is 0 Å². The Morgan fingerprint density at radius 3 is 2.08 bits per heavy atom. The van der Waals surface area contributed by atoms with E-state index in [0.717, 1.165) is 17.8 Å². The molecule has 0 aromatic heterocycles. The van der Waals surface area contributed by atoms with Crippen molar-refractivity contribution in [2.75, 3.05) is 11.4 Å². The van der Waals surface area contributed by atoms with Crippen LogP contribution >= 0.6 is 0 Å². The number of hydrogen-bond donors (Lipinski definition) is 2. The average molecular weight is 351 g/mol. The molecule has 0 saturated carbocycles. The molecule has 2 heterocycles. The van der Waals surface area contributed by atoms with E-state index in [1.54, 1.807) is 9.80 Å². The smallest absolute Gasteiger partial charge is 0.329 e. The Kier molecular flexibility index (Phi) is 4.34. The number of fused-ring (bicyclic) bond motifs is 2. The topological polar surface area (TPSA) is 72.9 Å². The lowest BCUT2D eigenvalue weighted by atomic mass is 10.1. The molecule has 2 aromatic carbocycles. The van der Waals surface area contributed by atoms with Gasteiger partial charge in [-0.25, -0.2) is 4.79 Å². The van der Waals surface area contributed by atoms with Crippen LogP contribution in [0.1, 0.15) is 12.8 Å². The number of urea groups is 1. The van der Waals surface area contributed by atoms with Crippen molar-refractivity contribution in [3.8, 4) is 0 Å². The molecule has 2 N–H and O–H groups in total. The monoisotopic (exact) mass is 351 g/mol. The predicted octanol–water partition coefficient (Wildman–Crippen LogP) is 2.83. The van der Waals surface area contributed by atoms with Gasteiger partial charge in [-0.3, -0.25) is 9.69 Å². The minimum Gasteiger partial charge on any atom is -0.480 e. The maximum Gasteiger partial charge on any atom is 0.329 e. The summed E-state index contributed by atoms with van der Waals surface area (Å²) in [6.45, 7) is 0.511. The normalized spacial score (nSPS) is 24.3. The minimum absolute atomic E-state index is 0.0259. The molecule has 6 heteroatoms. The molecule has 134 valence electrons. The summed E-state index contributed by atoms with van der Waals surface area (Å²) in [7, 11) is 0. The highest BCUT2D eigenvalue weighted by Crippen LogP contribution is 2.35. The molecular weight excluding hydrogens is 330 g/mol. The summed E-state index contributed by atoms with van der Waals surface area (Å²) in [6, 6.07) is 17.8. The van der Waals surface area contributed by atoms with Crippen LogP contribution in [0.15, 0.2) is 60.7 Å². The lowest BCUT2D eigenvalue weighted by molar-refractivity contribution is -0.141. The van der Waals surface area contributed by atoms with Gasteiger partial charge in [0.15, 0.2) is 0 Å². The van der Waals surface area contributed by atoms with Crippen LogP contribution in [0.4, 0.5) is 16.2 Å². The van der Waals surface area contributed by atoms with E-state index in [4.69, 9.17) is 0 Å². The van der Waals surface area contributed by atoms with Gasteiger partial charge in [-0.2, -0.15) is 0 Å². The van der Waals surface area contributed by atoms with Crippen LogP contribution in [-0.2, 0) is 4.79 Å². The van der Waals surface area contributed by atoms with Crippen molar-refractivity contribution in [2.24, 2.45) is 0 Å². The number of carbonyl (C=O) groups excluding carboxylic acids is 1. The number of carboxylic acid groups (broad SMARTS) is 1. The number of amides is 2. The van der Waals surface area contributed by atoms with Crippen LogP contribution in [-0.4, -0.2) is 46.7 Å². The second kappa shape index (κ2) is 6.80. The van der Waals surface area contributed by atoms with E-state index in [0.29, 0.717) is 13.0 Å². The second-order valence-electron chi connectivity index (χ2n) is 6.72. The Hall–Kier alpha value is -2.86. The van der Waals surface area contributed by atoms with Crippen molar-refractivity contribution >= 4 is 23.4 Å². The Bertz CT molecular complexity index is 757. The first-order valence-corrected chi connectivity index (χ1v) is 8.85. The van der Waals surface area contributed by atoms with Crippen LogP contribution < -0.4 is 10.2 Å². The van der Waals surface area contributed by atoms with Gasteiger partial charge in [0.05, 0.1) is 17.4 Å². The van der Waals surface area contributed by atoms with E-state index in [9.17, 15) is 14.7 Å². The SMILES string of the molecule is O=C(O)C1NCC2CCC1N2C(=O)N(c1ccccc1)c1ccccc1. The number of para-hydroxylation sites is 2. The fourth-order valence-corrected chi connectivity index (χ4v) is 4.03. The number of nitrogens with one attached hydrogen (secondary N) is 1. The number of carbonyl (C=O) groups is 2. The molecule has 0 radical (unpaired) electrons. The number of hydrogen-bond acceptors (Lipinski definition) is 3. The summed E-state index contributed by atoms with van der Waals surface area (Å²) in [6.07, 6.45) is 1.53. The summed E-state index contributed by atoms with van der Waals surface area (Å²) in [5.41, 5.74) is 1.54. The van der Waals surface area contributed by atoms with Crippen LogP contribution in [0.25, 0.3) is 0 Å². The Labute approximate surface area is 152 Å². The third-order valence-corrected chi connectivity index (χ3v) is 5.21. The summed E-state index contributed by atoms with van der Waals surface area (Å²) in [4.78, 5) is 28.6. The number of rotatable bonds is 3. The van der Waals surface area contributed by atoms with E-state index in [2.05, 4.69) is 5.32 Å². The molecule has 4 rings (SSSR count). The zero-order valence-electron chi connectivity index (χ0n) is 14.3. The average Bonchev–Trinajstić information content (AvgIpc) is 2.96. The summed E-state index contributed by atoms with van der Waals surface area (Å²) >= 11 is 0. The lowest BCUT2D eigenvalue weighted by Gasteiger charge is -2.41.